The number of nitrogens with zero attached hydrogens (tertiary/aromatic N) is 1. The van der Waals surface area contributed by atoms with Crippen LogP contribution in [0, 0.1) is 13.8 Å². The summed E-state index contributed by atoms with van der Waals surface area (Å²) in [4.78, 5) is 26.5. The van der Waals surface area contributed by atoms with Crippen molar-refractivity contribution in [3.63, 3.8) is 0 Å². The maximum Gasteiger partial charge on any atom is 0.283 e. The molecule has 0 saturated heterocycles. The zero-order valence-corrected chi connectivity index (χ0v) is 15.1. The molecule has 3 rings (SSSR count). The molecule has 0 aliphatic carbocycles. The van der Waals surface area contributed by atoms with Crippen LogP contribution in [0.5, 0.6) is 0 Å². The smallest absolute Gasteiger partial charge is 0.283 e. The van der Waals surface area contributed by atoms with Crippen LogP contribution >= 0.6 is 11.6 Å². The maximum atomic E-state index is 12.8. The van der Waals surface area contributed by atoms with E-state index in [0.717, 1.165) is 22.4 Å². The summed E-state index contributed by atoms with van der Waals surface area (Å²) in [7, 11) is 0. The number of aryl methyl sites for hydroxylation is 2. The summed E-state index contributed by atoms with van der Waals surface area (Å²) in [5.74, 6) is -0.948. The first-order chi connectivity index (χ1) is 11.9. The maximum absolute atomic E-state index is 12.8. The van der Waals surface area contributed by atoms with Gasteiger partial charge in [-0.2, -0.15) is 0 Å². The Bertz CT molecular complexity index is 885. The highest BCUT2D eigenvalue weighted by Crippen LogP contribution is 2.32. The van der Waals surface area contributed by atoms with Gasteiger partial charge < -0.3 is 5.32 Å². The van der Waals surface area contributed by atoms with Crippen LogP contribution in [0.15, 0.2) is 53.2 Å². The SMILES string of the molecule is CCc1ccc(NC2=C(Cl)C(=O)N(c3cccc(C)c3C)C2=O)cc1. The molecule has 0 aromatic heterocycles. The van der Waals surface area contributed by atoms with Crippen molar-refractivity contribution >= 4 is 34.8 Å². The van der Waals surface area contributed by atoms with Crippen molar-refractivity contribution in [1.29, 1.82) is 0 Å². The van der Waals surface area contributed by atoms with Crippen LogP contribution < -0.4 is 10.2 Å². The second-order valence-electron chi connectivity index (χ2n) is 6.03. The van der Waals surface area contributed by atoms with Gasteiger partial charge >= 0.3 is 0 Å². The third kappa shape index (κ3) is 3.05. The second-order valence-corrected chi connectivity index (χ2v) is 6.41. The predicted octanol–water partition coefficient (Wildman–Crippen LogP) is 4.30. The molecule has 5 heteroatoms. The molecule has 2 aromatic carbocycles. The fourth-order valence-corrected chi connectivity index (χ4v) is 2.99. The number of carbonyl (C=O) groups is 2. The van der Waals surface area contributed by atoms with E-state index in [9.17, 15) is 9.59 Å². The number of rotatable bonds is 4. The van der Waals surface area contributed by atoms with Crippen LogP contribution in [0.3, 0.4) is 0 Å². The molecule has 0 unspecified atom stereocenters. The van der Waals surface area contributed by atoms with Crippen LogP contribution in [-0.2, 0) is 16.0 Å². The first-order valence-electron chi connectivity index (χ1n) is 8.14. The number of carbonyl (C=O) groups excluding carboxylic acids is 2. The first kappa shape index (κ1) is 17.2. The Balaban J connectivity index is 1.92. The Kier molecular flexibility index (Phi) is 4.64. The molecule has 2 aromatic rings. The van der Waals surface area contributed by atoms with Crippen LogP contribution in [-0.4, -0.2) is 11.8 Å². The fraction of sp³-hybridized carbons (Fsp3) is 0.200. The summed E-state index contributed by atoms with van der Waals surface area (Å²) in [5.41, 5.74) is 4.46. The molecule has 4 nitrogen and oxygen atoms in total. The van der Waals surface area contributed by atoms with Gasteiger partial charge in [-0.05, 0) is 55.2 Å². The number of halogens is 1. The highest BCUT2D eigenvalue weighted by molar-refractivity contribution is 6.53. The highest BCUT2D eigenvalue weighted by atomic mass is 35.5. The van der Waals surface area contributed by atoms with Gasteiger partial charge in [-0.15, -0.1) is 0 Å². The number of benzene rings is 2. The van der Waals surface area contributed by atoms with Gasteiger partial charge in [0.15, 0.2) is 0 Å². The summed E-state index contributed by atoms with van der Waals surface area (Å²) in [6.45, 7) is 5.89. The summed E-state index contributed by atoms with van der Waals surface area (Å²) in [6, 6.07) is 13.2. The highest BCUT2D eigenvalue weighted by Gasteiger charge is 2.39. The van der Waals surface area contributed by atoms with E-state index in [4.69, 9.17) is 11.6 Å². The lowest BCUT2D eigenvalue weighted by Gasteiger charge is -2.18. The van der Waals surface area contributed by atoms with E-state index in [0.29, 0.717) is 11.4 Å². The Morgan fingerprint density at radius 3 is 2.32 bits per heavy atom. The van der Waals surface area contributed by atoms with Gasteiger partial charge in [-0.25, -0.2) is 4.90 Å². The Hall–Kier alpha value is -2.59. The number of nitrogens with one attached hydrogen (secondary N) is 1. The van der Waals surface area contributed by atoms with Gasteiger partial charge in [0.2, 0.25) is 0 Å². The molecular weight excluding hydrogens is 336 g/mol. The average molecular weight is 355 g/mol. The lowest BCUT2D eigenvalue weighted by atomic mass is 10.1. The zero-order valence-electron chi connectivity index (χ0n) is 14.4. The third-order valence-corrected chi connectivity index (χ3v) is 4.83. The van der Waals surface area contributed by atoms with Crippen molar-refractivity contribution in [1.82, 2.24) is 0 Å². The number of hydrogen-bond donors (Lipinski definition) is 1. The average Bonchev–Trinajstić information content (AvgIpc) is 2.82. The predicted molar refractivity (Wildman–Crippen MR) is 101 cm³/mol. The van der Waals surface area contributed by atoms with E-state index in [1.165, 1.54) is 5.56 Å². The Labute approximate surface area is 152 Å². The van der Waals surface area contributed by atoms with Gasteiger partial charge in [0, 0.05) is 5.69 Å². The van der Waals surface area contributed by atoms with Crippen molar-refractivity contribution in [2.45, 2.75) is 27.2 Å². The molecule has 1 N–H and O–H groups in total. The van der Waals surface area contributed by atoms with Gasteiger partial charge in [0.05, 0.1) is 5.69 Å². The Morgan fingerprint density at radius 2 is 1.68 bits per heavy atom. The Morgan fingerprint density at radius 1 is 1.00 bits per heavy atom. The van der Waals surface area contributed by atoms with Gasteiger partial charge in [0.1, 0.15) is 10.7 Å². The minimum Gasteiger partial charge on any atom is -0.350 e. The van der Waals surface area contributed by atoms with Crippen LogP contribution in [0.2, 0.25) is 0 Å². The third-order valence-electron chi connectivity index (χ3n) is 4.48. The molecule has 0 saturated carbocycles. The molecule has 0 spiro atoms. The van der Waals surface area contributed by atoms with E-state index < -0.39 is 11.8 Å². The van der Waals surface area contributed by atoms with Crippen molar-refractivity contribution < 1.29 is 9.59 Å². The minimum absolute atomic E-state index is 0.0922. The number of amides is 2. The van der Waals surface area contributed by atoms with Gasteiger partial charge in [-0.1, -0.05) is 42.8 Å². The molecule has 25 heavy (non-hydrogen) atoms. The van der Waals surface area contributed by atoms with Crippen LogP contribution in [0.4, 0.5) is 11.4 Å². The molecule has 128 valence electrons. The molecule has 1 heterocycles. The van der Waals surface area contributed by atoms with Crippen molar-refractivity contribution in [3.05, 3.63) is 69.9 Å². The summed E-state index contributed by atoms with van der Waals surface area (Å²) < 4.78 is 0. The molecule has 0 radical (unpaired) electrons. The van der Waals surface area contributed by atoms with E-state index in [1.807, 2.05) is 50.2 Å². The summed E-state index contributed by atoms with van der Waals surface area (Å²) in [6.07, 6.45) is 0.932. The number of hydrogen-bond acceptors (Lipinski definition) is 3. The van der Waals surface area contributed by atoms with E-state index in [2.05, 4.69) is 12.2 Å². The number of imide groups is 1. The lowest BCUT2D eigenvalue weighted by molar-refractivity contribution is -0.120. The molecule has 0 fully saturated rings. The number of anilines is 2. The minimum atomic E-state index is -0.506. The van der Waals surface area contributed by atoms with Crippen molar-refractivity contribution in [2.24, 2.45) is 0 Å². The van der Waals surface area contributed by atoms with Crippen molar-refractivity contribution in [3.8, 4) is 0 Å². The van der Waals surface area contributed by atoms with Gasteiger partial charge in [-0.3, -0.25) is 9.59 Å². The molecule has 2 amide bonds. The van der Waals surface area contributed by atoms with E-state index in [-0.39, 0.29) is 10.7 Å². The molecular formula is C20H19ClN2O2. The molecule has 1 aliphatic rings. The largest absolute Gasteiger partial charge is 0.350 e. The van der Waals surface area contributed by atoms with E-state index in [1.54, 1.807) is 6.07 Å². The molecule has 1 aliphatic heterocycles. The lowest BCUT2D eigenvalue weighted by Crippen LogP contribution is -2.33. The summed E-state index contributed by atoms with van der Waals surface area (Å²) >= 11 is 6.17. The topological polar surface area (TPSA) is 49.4 Å². The van der Waals surface area contributed by atoms with Gasteiger partial charge in [0.25, 0.3) is 11.8 Å². The normalized spacial score (nSPS) is 14.5. The summed E-state index contributed by atoms with van der Waals surface area (Å²) in [5, 5.41) is 2.90. The van der Waals surface area contributed by atoms with Crippen LogP contribution in [0.25, 0.3) is 0 Å². The standard InChI is InChI=1S/C20H19ClN2O2/c1-4-14-8-10-15(11-9-14)22-18-17(21)19(24)23(20(18)25)16-7-5-6-12(2)13(16)3/h5-11,22H,4H2,1-3H3. The fourth-order valence-electron chi connectivity index (χ4n) is 2.78. The van der Waals surface area contributed by atoms with E-state index >= 15 is 0 Å². The second kappa shape index (κ2) is 6.73. The zero-order chi connectivity index (χ0) is 18.1. The monoisotopic (exact) mass is 354 g/mol. The van der Waals surface area contributed by atoms with Crippen LogP contribution in [0.1, 0.15) is 23.6 Å². The molecule has 0 bridgehead atoms. The molecule has 0 atom stereocenters. The quantitative estimate of drug-likeness (QED) is 0.833. The first-order valence-corrected chi connectivity index (χ1v) is 8.52. The van der Waals surface area contributed by atoms with Crippen molar-refractivity contribution in [2.75, 3.05) is 10.2 Å².